The summed E-state index contributed by atoms with van der Waals surface area (Å²) in [6.07, 6.45) is 9.37. The third kappa shape index (κ3) is 8.09. The molecule has 0 heterocycles. The van der Waals surface area contributed by atoms with Crippen molar-refractivity contribution in [3.8, 4) is 0 Å². The van der Waals surface area contributed by atoms with Crippen LogP contribution in [-0.2, 0) is 0 Å². The fourth-order valence-electron chi connectivity index (χ4n) is 2.41. The molecule has 3 heteroatoms. The number of hydrogen-bond acceptors (Lipinski definition) is 3. The molecule has 1 atom stereocenters. The quantitative estimate of drug-likeness (QED) is 0.347. The van der Waals surface area contributed by atoms with Crippen LogP contribution in [0.2, 0.25) is 0 Å². The van der Waals surface area contributed by atoms with Gasteiger partial charge in [-0.2, -0.15) is 0 Å². The molecule has 3 nitrogen and oxygen atoms in total. The average Bonchev–Trinajstić information content (AvgIpc) is 2.56. The molecule has 0 bridgehead atoms. The molecule has 0 aliphatic heterocycles. The highest BCUT2D eigenvalue weighted by molar-refractivity contribution is 5.98. The summed E-state index contributed by atoms with van der Waals surface area (Å²) in [7, 11) is 0. The van der Waals surface area contributed by atoms with E-state index in [0.717, 1.165) is 47.6 Å². The van der Waals surface area contributed by atoms with Crippen molar-refractivity contribution in [2.75, 3.05) is 0 Å². The molecule has 0 aromatic carbocycles. The molecular weight excluding hydrogens is 294 g/mol. The van der Waals surface area contributed by atoms with E-state index in [4.69, 9.17) is 4.99 Å². The number of nitrogens with one attached hydrogen (secondary N) is 1. The smallest absolute Gasteiger partial charge is 0.0911 e. The van der Waals surface area contributed by atoms with Crippen molar-refractivity contribution >= 4 is 11.9 Å². The SMILES string of the molecule is C=CC(=C)/C(N=C(C)C(=C)NC(CCC)CCCC)=C(/C)N=CC. The van der Waals surface area contributed by atoms with Crippen LogP contribution in [0, 0.1) is 0 Å². The summed E-state index contributed by atoms with van der Waals surface area (Å²) in [5.74, 6) is 0. The van der Waals surface area contributed by atoms with Gasteiger partial charge in [-0.3, -0.25) is 4.99 Å². The minimum absolute atomic E-state index is 0.456. The second-order valence-corrected chi connectivity index (χ2v) is 6.00. The molecule has 0 spiro atoms. The molecule has 24 heavy (non-hydrogen) atoms. The van der Waals surface area contributed by atoms with E-state index >= 15 is 0 Å². The van der Waals surface area contributed by atoms with E-state index in [1.54, 1.807) is 12.3 Å². The van der Waals surface area contributed by atoms with E-state index in [-0.39, 0.29) is 0 Å². The molecule has 0 amide bonds. The van der Waals surface area contributed by atoms with Crippen LogP contribution in [0.3, 0.4) is 0 Å². The van der Waals surface area contributed by atoms with E-state index in [0.29, 0.717) is 6.04 Å². The topological polar surface area (TPSA) is 36.8 Å². The van der Waals surface area contributed by atoms with Gasteiger partial charge in [-0.25, -0.2) is 4.99 Å². The maximum atomic E-state index is 4.71. The molecule has 0 saturated carbocycles. The Morgan fingerprint density at radius 1 is 1.12 bits per heavy atom. The summed E-state index contributed by atoms with van der Waals surface area (Å²) >= 11 is 0. The summed E-state index contributed by atoms with van der Waals surface area (Å²) < 4.78 is 0. The Hall–Kier alpha value is -1.90. The number of unbranched alkanes of at least 4 members (excludes halogenated alkanes) is 1. The number of hydrogen-bond donors (Lipinski definition) is 1. The van der Waals surface area contributed by atoms with E-state index in [1.165, 1.54) is 12.8 Å². The zero-order chi connectivity index (χ0) is 18.5. The highest BCUT2D eigenvalue weighted by atomic mass is 15.0. The molecule has 0 aromatic rings. The van der Waals surface area contributed by atoms with Crippen molar-refractivity contribution in [2.24, 2.45) is 9.98 Å². The predicted molar refractivity (Wildman–Crippen MR) is 110 cm³/mol. The Morgan fingerprint density at radius 3 is 2.29 bits per heavy atom. The molecular formula is C21H35N3. The van der Waals surface area contributed by atoms with Gasteiger partial charge in [0, 0.05) is 18.0 Å². The lowest BCUT2D eigenvalue weighted by molar-refractivity contribution is 0.476. The van der Waals surface area contributed by atoms with Gasteiger partial charge >= 0.3 is 0 Å². The lowest BCUT2D eigenvalue weighted by Gasteiger charge is -2.21. The molecule has 0 aliphatic rings. The molecule has 1 N–H and O–H groups in total. The Bertz CT molecular complexity index is 521. The maximum absolute atomic E-state index is 4.71. The molecule has 0 radical (unpaired) electrons. The van der Waals surface area contributed by atoms with Crippen molar-refractivity contribution in [3.05, 3.63) is 48.5 Å². The van der Waals surface area contributed by atoms with Crippen LogP contribution in [0.15, 0.2) is 58.5 Å². The van der Waals surface area contributed by atoms with Gasteiger partial charge in [-0.05, 0) is 39.2 Å². The van der Waals surface area contributed by atoms with Gasteiger partial charge in [0.25, 0.3) is 0 Å². The lowest BCUT2D eigenvalue weighted by Crippen LogP contribution is -2.30. The number of allylic oxidation sites excluding steroid dienone is 3. The Balaban J connectivity index is 5.30. The summed E-state index contributed by atoms with van der Waals surface area (Å²) in [6, 6.07) is 0.456. The Labute approximate surface area is 149 Å². The summed E-state index contributed by atoms with van der Waals surface area (Å²) in [5.41, 5.74) is 4.07. The third-order valence-electron chi connectivity index (χ3n) is 3.85. The summed E-state index contributed by atoms with van der Waals surface area (Å²) in [4.78, 5) is 9.03. The van der Waals surface area contributed by atoms with Crippen molar-refractivity contribution in [1.82, 2.24) is 5.32 Å². The third-order valence-corrected chi connectivity index (χ3v) is 3.85. The van der Waals surface area contributed by atoms with Gasteiger partial charge in [-0.1, -0.05) is 58.9 Å². The van der Waals surface area contributed by atoms with Crippen LogP contribution in [-0.4, -0.2) is 18.0 Å². The largest absolute Gasteiger partial charge is 0.381 e. The summed E-state index contributed by atoms with van der Waals surface area (Å²) in [6.45, 7) is 22.2. The first-order chi connectivity index (χ1) is 11.4. The molecule has 0 aliphatic carbocycles. The van der Waals surface area contributed by atoms with Crippen molar-refractivity contribution in [3.63, 3.8) is 0 Å². The van der Waals surface area contributed by atoms with Crippen LogP contribution in [0.4, 0.5) is 0 Å². The monoisotopic (exact) mass is 329 g/mol. The highest BCUT2D eigenvalue weighted by Crippen LogP contribution is 2.18. The average molecular weight is 330 g/mol. The minimum Gasteiger partial charge on any atom is -0.381 e. The number of rotatable bonds is 12. The zero-order valence-corrected chi connectivity index (χ0v) is 16.3. The van der Waals surface area contributed by atoms with E-state index in [1.807, 2.05) is 20.8 Å². The molecule has 0 saturated heterocycles. The van der Waals surface area contributed by atoms with Gasteiger partial charge in [0.05, 0.1) is 17.1 Å². The standard InChI is InChI=1S/C21H35N3/c1-9-13-15-20(14-10-2)23-17(6)18(7)24-21(16(5)11-3)19(8)22-12-4/h11-12,20,23H,3,5-6,9-10,13-15H2,1-2,4,7-8H3/b21-19+,22-12?,24-18?. The first-order valence-electron chi connectivity index (χ1n) is 8.93. The second-order valence-electron chi connectivity index (χ2n) is 6.00. The van der Waals surface area contributed by atoms with E-state index in [9.17, 15) is 0 Å². The number of nitrogens with zero attached hydrogens (tertiary/aromatic N) is 2. The molecule has 1 unspecified atom stereocenters. The Morgan fingerprint density at radius 2 is 1.79 bits per heavy atom. The number of aliphatic imine (C=N–C) groups is 2. The van der Waals surface area contributed by atoms with Gasteiger partial charge in [0.1, 0.15) is 0 Å². The van der Waals surface area contributed by atoms with Crippen molar-refractivity contribution < 1.29 is 0 Å². The van der Waals surface area contributed by atoms with Gasteiger partial charge in [0.2, 0.25) is 0 Å². The van der Waals surface area contributed by atoms with Crippen LogP contribution < -0.4 is 5.32 Å². The van der Waals surface area contributed by atoms with Crippen LogP contribution in [0.25, 0.3) is 0 Å². The van der Waals surface area contributed by atoms with E-state index in [2.05, 4.69) is 43.9 Å². The normalized spacial score (nSPS) is 14.3. The van der Waals surface area contributed by atoms with Crippen molar-refractivity contribution in [2.45, 2.75) is 72.8 Å². The van der Waals surface area contributed by atoms with Gasteiger partial charge in [0.15, 0.2) is 0 Å². The zero-order valence-electron chi connectivity index (χ0n) is 16.3. The first kappa shape index (κ1) is 22.1. The molecule has 0 aromatic heterocycles. The maximum Gasteiger partial charge on any atom is 0.0911 e. The van der Waals surface area contributed by atoms with Crippen LogP contribution >= 0.6 is 0 Å². The first-order valence-corrected chi connectivity index (χ1v) is 8.93. The van der Waals surface area contributed by atoms with Gasteiger partial charge < -0.3 is 5.32 Å². The molecule has 0 fully saturated rings. The lowest BCUT2D eigenvalue weighted by atomic mass is 10.0. The van der Waals surface area contributed by atoms with Crippen LogP contribution in [0.5, 0.6) is 0 Å². The fourth-order valence-corrected chi connectivity index (χ4v) is 2.41. The fraction of sp³-hybridized carbons (Fsp3) is 0.524. The van der Waals surface area contributed by atoms with Crippen LogP contribution in [0.1, 0.15) is 66.7 Å². The highest BCUT2D eigenvalue weighted by Gasteiger charge is 2.11. The minimum atomic E-state index is 0.456. The molecule has 134 valence electrons. The van der Waals surface area contributed by atoms with E-state index < -0.39 is 0 Å². The van der Waals surface area contributed by atoms with Crippen molar-refractivity contribution in [1.29, 1.82) is 0 Å². The second kappa shape index (κ2) is 12.5. The Kier molecular flexibility index (Phi) is 11.5. The predicted octanol–water partition coefficient (Wildman–Crippen LogP) is 5.97. The summed E-state index contributed by atoms with van der Waals surface area (Å²) in [5, 5.41) is 3.54. The molecule has 0 rings (SSSR count). The van der Waals surface area contributed by atoms with Gasteiger partial charge in [-0.15, -0.1) is 0 Å².